The molecule has 5 nitrogen and oxygen atoms in total. The van der Waals surface area contributed by atoms with Crippen molar-refractivity contribution in [3.05, 3.63) is 0 Å². The van der Waals surface area contributed by atoms with Gasteiger partial charge in [0.2, 0.25) is 0 Å². The molecule has 0 saturated carbocycles. The number of aliphatic imine (C=N–C) groups is 1. The SMILES string of the molecule is CC1=NCC(O)C(C(O)O)N1. The Morgan fingerprint density at radius 1 is 1.64 bits per heavy atom. The number of nitrogens with zero attached hydrogens (tertiary/aromatic N) is 1. The lowest BCUT2D eigenvalue weighted by Gasteiger charge is -2.28. The van der Waals surface area contributed by atoms with E-state index in [2.05, 4.69) is 10.3 Å². The second kappa shape index (κ2) is 3.17. The molecule has 0 fully saturated rings. The Labute approximate surface area is 64.4 Å². The predicted molar refractivity (Wildman–Crippen MR) is 39.1 cm³/mol. The van der Waals surface area contributed by atoms with Crippen LogP contribution >= 0.6 is 0 Å². The summed E-state index contributed by atoms with van der Waals surface area (Å²) in [5.74, 6) is 0.619. The zero-order valence-electron chi connectivity index (χ0n) is 6.23. The topological polar surface area (TPSA) is 85.1 Å². The molecule has 0 aliphatic carbocycles. The maximum atomic E-state index is 9.17. The lowest BCUT2D eigenvalue weighted by atomic mass is 10.1. The van der Waals surface area contributed by atoms with Crippen LogP contribution in [0.4, 0.5) is 0 Å². The molecule has 5 heteroatoms. The summed E-state index contributed by atoms with van der Waals surface area (Å²) in [6.07, 6.45) is -2.37. The number of nitrogens with one attached hydrogen (secondary N) is 1. The first-order valence-corrected chi connectivity index (χ1v) is 3.43. The Balaban J connectivity index is 2.60. The highest BCUT2D eigenvalue weighted by Crippen LogP contribution is 2.03. The van der Waals surface area contributed by atoms with Crippen molar-refractivity contribution in [3.63, 3.8) is 0 Å². The lowest BCUT2D eigenvalue weighted by Crippen LogP contribution is -2.54. The zero-order valence-corrected chi connectivity index (χ0v) is 6.23. The standard InChI is InChI=1S/C6H12N2O3/c1-3-7-2-4(9)5(8-3)6(10)11/h4-6,9-11H,2H2,1H3,(H,7,8). The molecule has 0 aromatic carbocycles. The molecule has 11 heavy (non-hydrogen) atoms. The van der Waals surface area contributed by atoms with Crippen molar-refractivity contribution in [3.8, 4) is 0 Å². The molecule has 0 aromatic rings. The number of aliphatic hydroxyl groups is 3. The summed E-state index contributed by atoms with van der Waals surface area (Å²) in [6.45, 7) is 1.93. The maximum absolute atomic E-state index is 9.17. The fourth-order valence-corrected chi connectivity index (χ4v) is 1.00. The fourth-order valence-electron chi connectivity index (χ4n) is 1.00. The second-order valence-corrected chi connectivity index (χ2v) is 2.58. The van der Waals surface area contributed by atoms with Gasteiger partial charge in [0.1, 0.15) is 6.04 Å². The Hall–Kier alpha value is -0.650. The third kappa shape index (κ3) is 1.89. The van der Waals surface area contributed by atoms with Gasteiger partial charge in [0, 0.05) is 0 Å². The van der Waals surface area contributed by atoms with E-state index in [9.17, 15) is 0 Å². The van der Waals surface area contributed by atoms with E-state index in [0.717, 1.165) is 0 Å². The number of rotatable bonds is 1. The van der Waals surface area contributed by atoms with Crippen molar-refractivity contribution < 1.29 is 15.3 Å². The number of hydrogen-bond acceptors (Lipinski definition) is 5. The molecule has 4 N–H and O–H groups in total. The molecular weight excluding hydrogens is 148 g/mol. The first-order chi connectivity index (χ1) is 5.11. The van der Waals surface area contributed by atoms with Crippen LogP contribution in [-0.4, -0.2) is 46.1 Å². The summed E-state index contributed by atoms with van der Waals surface area (Å²) in [7, 11) is 0. The van der Waals surface area contributed by atoms with Crippen LogP contribution in [0.3, 0.4) is 0 Å². The molecular formula is C6H12N2O3. The number of amidine groups is 1. The van der Waals surface area contributed by atoms with Crippen molar-refractivity contribution in [1.82, 2.24) is 5.32 Å². The van der Waals surface area contributed by atoms with Gasteiger partial charge in [-0.1, -0.05) is 0 Å². The molecule has 2 unspecified atom stereocenters. The average molecular weight is 160 g/mol. The van der Waals surface area contributed by atoms with Crippen LogP contribution in [0.1, 0.15) is 6.92 Å². The highest BCUT2D eigenvalue weighted by Gasteiger charge is 2.28. The van der Waals surface area contributed by atoms with Gasteiger partial charge in [-0.2, -0.15) is 0 Å². The Morgan fingerprint density at radius 3 is 2.73 bits per heavy atom. The Bertz CT molecular complexity index is 169. The van der Waals surface area contributed by atoms with Gasteiger partial charge in [-0.15, -0.1) is 0 Å². The summed E-state index contributed by atoms with van der Waals surface area (Å²) in [6, 6.07) is -0.715. The molecule has 1 aliphatic heterocycles. The van der Waals surface area contributed by atoms with Crippen LogP contribution in [0.5, 0.6) is 0 Å². The third-order valence-electron chi connectivity index (χ3n) is 1.63. The van der Waals surface area contributed by atoms with E-state index in [1.807, 2.05) is 0 Å². The summed E-state index contributed by atoms with van der Waals surface area (Å²) in [4.78, 5) is 3.88. The van der Waals surface area contributed by atoms with Gasteiger partial charge in [-0.25, -0.2) is 0 Å². The van der Waals surface area contributed by atoms with Crippen molar-refractivity contribution in [1.29, 1.82) is 0 Å². The van der Waals surface area contributed by atoms with Gasteiger partial charge in [-0.3, -0.25) is 4.99 Å². The van der Waals surface area contributed by atoms with E-state index in [-0.39, 0.29) is 6.54 Å². The highest BCUT2D eigenvalue weighted by atomic mass is 16.5. The Kier molecular flexibility index (Phi) is 2.43. The number of aliphatic hydroxyl groups excluding tert-OH is 2. The maximum Gasteiger partial charge on any atom is 0.174 e. The van der Waals surface area contributed by atoms with Crippen molar-refractivity contribution >= 4 is 5.84 Å². The van der Waals surface area contributed by atoms with Crippen molar-refractivity contribution in [2.45, 2.75) is 25.4 Å². The largest absolute Gasteiger partial charge is 0.389 e. The molecule has 1 aliphatic rings. The fraction of sp³-hybridized carbons (Fsp3) is 0.833. The van der Waals surface area contributed by atoms with Gasteiger partial charge in [0.05, 0.1) is 18.5 Å². The van der Waals surface area contributed by atoms with Crippen LogP contribution in [-0.2, 0) is 0 Å². The molecule has 2 atom stereocenters. The van der Waals surface area contributed by atoms with E-state index in [1.165, 1.54) is 0 Å². The second-order valence-electron chi connectivity index (χ2n) is 2.58. The van der Waals surface area contributed by atoms with Gasteiger partial charge in [0.15, 0.2) is 6.29 Å². The molecule has 1 rings (SSSR count). The lowest BCUT2D eigenvalue weighted by molar-refractivity contribution is -0.0914. The van der Waals surface area contributed by atoms with E-state index in [1.54, 1.807) is 6.92 Å². The molecule has 0 saturated heterocycles. The van der Waals surface area contributed by atoms with Gasteiger partial charge in [-0.05, 0) is 6.92 Å². The van der Waals surface area contributed by atoms with E-state index >= 15 is 0 Å². The van der Waals surface area contributed by atoms with Crippen LogP contribution in [0.2, 0.25) is 0 Å². The van der Waals surface area contributed by atoms with Gasteiger partial charge >= 0.3 is 0 Å². The average Bonchev–Trinajstić information content (AvgIpc) is 1.94. The van der Waals surface area contributed by atoms with E-state index in [4.69, 9.17) is 15.3 Å². The van der Waals surface area contributed by atoms with Crippen LogP contribution in [0.25, 0.3) is 0 Å². The summed E-state index contributed by atoms with van der Waals surface area (Å²) in [5, 5.41) is 29.3. The highest BCUT2D eigenvalue weighted by molar-refractivity contribution is 5.80. The molecule has 0 bridgehead atoms. The molecule has 1 heterocycles. The van der Waals surface area contributed by atoms with Crippen LogP contribution in [0.15, 0.2) is 4.99 Å². The van der Waals surface area contributed by atoms with Gasteiger partial charge < -0.3 is 20.6 Å². The van der Waals surface area contributed by atoms with Gasteiger partial charge in [0.25, 0.3) is 0 Å². The quantitative estimate of drug-likeness (QED) is 0.336. The molecule has 0 radical (unpaired) electrons. The third-order valence-corrected chi connectivity index (χ3v) is 1.63. The van der Waals surface area contributed by atoms with Crippen molar-refractivity contribution in [2.75, 3.05) is 6.54 Å². The summed E-state index contributed by atoms with van der Waals surface area (Å²) >= 11 is 0. The monoisotopic (exact) mass is 160 g/mol. The first kappa shape index (κ1) is 8.45. The van der Waals surface area contributed by atoms with Crippen molar-refractivity contribution in [2.24, 2.45) is 4.99 Å². The van der Waals surface area contributed by atoms with Crippen LogP contribution in [0, 0.1) is 0 Å². The molecule has 0 spiro atoms. The molecule has 0 amide bonds. The predicted octanol–water partition coefficient (Wildman–Crippen LogP) is -1.95. The Morgan fingerprint density at radius 2 is 2.27 bits per heavy atom. The van der Waals surface area contributed by atoms with E-state index in [0.29, 0.717) is 5.84 Å². The zero-order chi connectivity index (χ0) is 8.43. The first-order valence-electron chi connectivity index (χ1n) is 3.43. The minimum atomic E-state index is -1.55. The van der Waals surface area contributed by atoms with Crippen LogP contribution < -0.4 is 5.32 Å². The minimum Gasteiger partial charge on any atom is -0.389 e. The summed E-state index contributed by atoms with van der Waals surface area (Å²) in [5.41, 5.74) is 0. The summed E-state index contributed by atoms with van der Waals surface area (Å²) < 4.78 is 0. The smallest absolute Gasteiger partial charge is 0.174 e. The normalized spacial score (nSPS) is 31.5. The molecule has 64 valence electrons. The number of hydrogen-bond donors (Lipinski definition) is 4. The minimum absolute atomic E-state index is 0.223. The van der Waals surface area contributed by atoms with E-state index < -0.39 is 18.4 Å². The molecule has 0 aromatic heterocycles.